The summed E-state index contributed by atoms with van der Waals surface area (Å²) in [7, 11) is 0. The fraction of sp³-hybridized carbons (Fsp3) is 0.462. The molecule has 2 aromatic heterocycles. The predicted molar refractivity (Wildman–Crippen MR) is 125 cm³/mol. The van der Waals surface area contributed by atoms with Gasteiger partial charge in [0.2, 0.25) is 0 Å². The molecule has 2 aliphatic heterocycles. The molecule has 5 rings (SSSR count). The number of nitrogens with zero attached hydrogens (tertiary/aromatic N) is 4. The number of hydrogen-bond acceptors (Lipinski definition) is 5. The van der Waals surface area contributed by atoms with Gasteiger partial charge in [0.15, 0.2) is 5.76 Å². The van der Waals surface area contributed by atoms with E-state index in [2.05, 4.69) is 4.98 Å². The van der Waals surface area contributed by atoms with Crippen molar-refractivity contribution in [2.24, 2.45) is 0 Å². The van der Waals surface area contributed by atoms with Crippen molar-refractivity contribution in [3.05, 3.63) is 58.9 Å². The maximum atomic E-state index is 13.6. The van der Waals surface area contributed by atoms with Crippen molar-refractivity contribution in [1.29, 1.82) is 0 Å². The van der Waals surface area contributed by atoms with Gasteiger partial charge in [-0.25, -0.2) is 9.97 Å². The molecule has 2 aliphatic rings. The number of aryl methyl sites for hydroxylation is 2. The molecule has 2 amide bonds. The van der Waals surface area contributed by atoms with Gasteiger partial charge >= 0.3 is 0 Å². The molecule has 0 radical (unpaired) electrons. The van der Waals surface area contributed by atoms with Crippen LogP contribution in [0.25, 0.3) is 11.0 Å². The fourth-order valence-corrected chi connectivity index (χ4v) is 5.04. The Morgan fingerprint density at radius 2 is 1.76 bits per heavy atom. The summed E-state index contributed by atoms with van der Waals surface area (Å²) in [5.41, 5.74) is 3.01. The minimum absolute atomic E-state index is 0.0260. The minimum atomic E-state index is -0.272. The molecule has 3 aromatic rings. The van der Waals surface area contributed by atoms with E-state index in [9.17, 15) is 9.59 Å². The van der Waals surface area contributed by atoms with Gasteiger partial charge in [-0.2, -0.15) is 0 Å². The van der Waals surface area contributed by atoms with Gasteiger partial charge in [0.1, 0.15) is 11.4 Å². The van der Waals surface area contributed by atoms with Gasteiger partial charge in [0.05, 0.1) is 17.3 Å². The molecular weight excluding hydrogens is 416 g/mol. The molecule has 1 atom stereocenters. The smallest absolute Gasteiger partial charge is 0.290 e. The summed E-state index contributed by atoms with van der Waals surface area (Å²) < 4.78 is 5.92. The van der Waals surface area contributed by atoms with Gasteiger partial charge in [0, 0.05) is 31.2 Å². The molecule has 2 saturated heterocycles. The number of rotatable bonds is 3. The molecule has 0 unspecified atom stereocenters. The first kappa shape index (κ1) is 21.6. The standard InChI is InChI=1S/C26H30N4O3/c1-17-9-10-22-19(14-17)15-23(33-22)26(32)30-13-7-4-8-21(30)24-20(16-27-18(2)28-24)25(31)29-11-5-3-6-12-29/h9-10,14-16,21H,3-8,11-13H2,1-2H3/t21-/m0/s1. The zero-order chi connectivity index (χ0) is 22.9. The molecule has 0 spiro atoms. The fourth-order valence-electron chi connectivity index (χ4n) is 5.04. The number of amides is 2. The topological polar surface area (TPSA) is 79.5 Å². The highest BCUT2D eigenvalue weighted by Gasteiger charge is 2.35. The van der Waals surface area contributed by atoms with Crippen LogP contribution in [0.1, 0.15) is 82.6 Å². The first-order chi connectivity index (χ1) is 16.0. The molecular formula is C26H30N4O3. The van der Waals surface area contributed by atoms with Gasteiger partial charge in [-0.15, -0.1) is 0 Å². The third-order valence-electron chi connectivity index (χ3n) is 6.77. The van der Waals surface area contributed by atoms with Crippen molar-refractivity contribution < 1.29 is 14.0 Å². The van der Waals surface area contributed by atoms with Crippen molar-refractivity contribution in [1.82, 2.24) is 19.8 Å². The van der Waals surface area contributed by atoms with Crippen molar-refractivity contribution >= 4 is 22.8 Å². The van der Waals surface area contributed by atoms with E-state index in [1.807, 2.05) is 47.9 Å². The van der Waals surface area contributed by atoms with Crippen molar-refractivity contribution in [3.8, 4) is 0 Å². The second-order valence-corrected chi connectivity index (χ2v) is 9.23. The van der Waals surface area contributed by atoms with E-state index >= 15 is 0 Å². The van der Waals surface area contributed by atoms with Gasteiger partial charge < -0.3 is 14.2 Å². The van der Waals surface area contributed by atoms with Crippen LogP contribution in [0.15, 0.2) is 34.9 Å². The Morgan fingerprint density at radius 1 is 0.970 bits per heavy atom. The summed E-state index contributed by atoms with van der Waals surface area (Å²) in [5.74, 6) is 0.762. The van der Waals surface area contributed by atoms with Crippen LogP contribution in [-0.4, -0.2) is 51.2 Å². The average Bonchev–Trinajstić information content (AvgIpc) is 3.27. The van der Waals surface area contributed by atoms with Crippen LogP contribution in [0.3, 0.4) is 0 Å². The largest absolute Gasteiger partial charge is 0.451 e. The highest BCUT2D eigenvalue weighted by atomic mass is 16.3. The van der Waals surface area contributed by atoms with Crippen LogP contribution < -0.4 is 0 Å². The number of aromatic nitrogens is 2. The highest BCUT2D eigenvalue weighted by molar-refractivity contribution is 5.98. The average molecular weight is 447 g/mol. The van der Waals surface area contributed by atoms with Crippen LogP contribution in [-0.2, 0) is 0 Å². The number of benzene rings is 1. The lowest BCUT2D eigenvalue weighted by molar-refractivity contribution is 0.0565. The lowest BCUT2D eigenvalue weighted by Crippen LogP contribution is -2.41. The molecule has 0 aliphatic carbocycles. The molecule has 1 aromatic carbocycles. The maximum absolute atomic E-state index is 13.6. The van der Waals surface area contributed by atoms with Crippen molar-refractivity contribution in [2.45, 2.75) is 58.4 Å². The molecule has 2 fully saturated rings. The van der Waals surface area contributed by atoms with Crippen LogP contribution in [0, 0.1) is 13.8 Å². The normalized spacial score (nSPS) is 19.2. The molecule has 4 heterocycles. The predicted octanol–water partition coefficient (Wildman–Crippen LogP) is 4.83. The summed E-state index contributed by atoms with van der Waals surface area (Å²) in [6.07, 6.45) is 7.51. The Balaban J connectivity index is 1.50. The number of fused-ring (bicyclic) bond motifs is 1. The van der Waals surface area contributed by atoms with Gasteiger partial charge in [-0.1, -0.05) is 11.6 Å². The van der Waals surface area contributed by atoms with Crippen LogP contribution in [0.5, 0.6) is 0 Å². The highest BCUT2D eigenvalue weighted by Crippen LogP contribution is 2.34. The summed E-state index contributed by atoms with van der Waals surface area (Å²) in [5, 5.41) is 0.922. The van der Waals surface area contributed by atoms with E-state index < -0.39 is 0 Å². The Labute approximate surface area is 193 Å². The monoisotopic (exact) mass is 446 g/mol. The molecule has 172 valence electrons. The summed E-state index contributed by atoms with van der Waals surface area (Å²) >= 11 is 0. The first-order valence-corrected chi connectivity index (χ1v) is 12.0. The second-order valence-electron chi connectivity index (χ2n) is 9.23. The molecule has 0 saturated carbocycles. The van der Waals surface area contributed by atoms with E-state index in [1.54, 1.807) is 6.20 Å². The molecule has 33 heavy (non-hydrogen) atoms. The van der Waals surface area contributed by atoms with E-state index in [0.29, 0.717) is 35.0 Å². The molecule has 0 bridgehead atoms. The van der Waals surface area contributed by atoms with Gasteiger partial charge in [-0.05, 0) is 70.6 Å². The van der Waals surface area contributed by atoms with Crippen molar-refractivity contribution in [2.75, 3.05) is 19.6 Å². The van der Waals surface area contributed by atoms with Gasteiger partial charge in [-0.3, -0.25) is 9.59 Å². The molecule has 7 heteroatoms. The van der Waals surface area contributed by atoms with E-state index in [1.165, 1.54) is 0 Å². The zero-order valence-electron chi connectivity index (χ0n) is 19.3. The summed E-state index contributed by atoms with van der Waals surface area (Å²) in [6, 6.07) is 7.45. The quantitative estimate of drug-likeness (QED) is 0.576. The van der Waals surface area contributed by atoms with Gasteiger partial charge in [0.25, 0.3) is 11.8 Å². The summed E-state index contributed by atoms with van der Waals surface area (Å²) in [4.78, 5) is 39.8. The Hall–Kier alpha value is -3.22. The maximum Gasteiger partial charge on any atom is 0.290 e. The second kappa shape index (κ2) is 8.96. The number of likely N-dealkylation sites (tertiary alicyclic amines) is 2. The number of carbonyl (C=O) groups excluding carboxylic acids is 2. The van der Waals surface area contributed by atoms with E-state index in [-0.39, 0.29) is 17.9 Å². The van der Waals surface area contributed by atoms with E-state index in [0.717, 1.165) is 62.6 Å². The number of carbonyl (C=O) groups is 2. The first-order valence-electron chi connectivity index (χ1n) is 12.0. The SMILES string of the molecule is Cc1ccc2oc(C(=O)N3CCCC[C@H]3c3nc(C)ncc3C(=O)N3CCCCC3)cc2c1. The number of piperidine rings is 2. The lowest BCUT2D eigenvalue weighted by Gasteiger charge is -2.36. The third-order valence-corrected chi connectivity index (χ3v) is 6.77. The van der Waals surface area contributed by atoms with E-state index in [4.69, 9.17) is 9.40 Å². The lowest BCUT2D eigenvalue weighted by atomic mass is 9.95. The summed E-state index contributed by atoms with van der Waals surface area (Å²) in [6.45, 7) is 5.98. The Bertz CT molecular complexity index is 1200. The zero-order valence-corrected chi connectivity index (χ0v) is 19.3. The van der Waals surface area contributed by atoms with Crippen molar-refractivity contribution in [3.63, 3.8) is 0 Å². The van der Waals surface area contributed by atoms with Crippen LogP contribution in [0.4, 0.5) is 0 Å². The Kier molecular flexibility index (Phi) is 5.87. The molecule has 7 nitrogen and oxygen atoms in total. The van der Waals surface area contributed by atoms with Crippen LogP contribution in [0.2, 0.25) is 0 Å². The van der Waals surface area contributed by atoms with Crippen LogP contribution >= 0.6 is 0 Å². The third kappa shape index (κ3) is 4.24. The number of furan rings is 1. The Morgan fingerprint density at radius 3 is 2.58 bits per heavy atom. The molecule has 0 N–H and O–H groups in total. The number of hydrogen-bond donors (Lipinski definition) is 0. The minimum Gasteiger partial charge on any atom is -0.451 e.